The van der Waals surface area contributed by atoms with E-state index in [2.05, 4.69) is 22.5 Å². The van der Waals surface area contributed by atoms with E-state index in [4.69, 9.17) is 14.5 Å². The minimum atomic E-state index is 0. The third kappa shape index (κ3) is 4.16. The van der Waals surface area contributed by atoms with Crippen molar-refractivity contribution < 1.29 is 9.47 Å². The number of fused-ring (bicyclic) bond motifs is 3. The molecule has 0 radical (unpaired) electrons. The first-order valence-corrected chi connectivity index (χ1v) is 9.37. The van der Waals surface area contributed by atoms with Crippen LogP contribution in [0.15, 0.2) is 4.99 Å². The van der Waals surface area contributed by atoms with Crippen LogP contribution in [-0.4, -0.2) is 74.0 Å². The fourth-order valence-electron chi connectivity index (χ4n) is 4.47. The second kappa shape index (κ2) is 8.51. The van der Waals surface area contributed by atoms with Gasteiger partial charge in [-0.25, -0.2) is 0 Å². The lowest BCUT2D eigenvalue weighted by Crippen LogP contribution is -2.49. The number of hydrogen-bond acceptors (Lipinski definition) is 4. The van der Waals surface area contributed by atoms with Gasteiger partial charge in [0.05, 0.1) is 37.5 Å². The van der Waals surface area contributed by atoms with E-state index < -0.39 is 0 Å². The molecule has 0 aliphatic carbocycles. The molecule has 0 aromatic rings. The molecule has 24 heavy (non-hydrogen) atoms. The molecule has 4 aliphatic rings. The van der Waals surface area contributed by atoms with E-state index in [0.29, 0.717) is 24.3 Å². The Morgan fingerprint density at radius 2 is 2.21 bits per heavy atom. The third-order valence-corrected chi connectivity index (χ3v) is 5.69. The molecule has 5 unspecified atom stereocenters. The van der Waals surface area contributed by atoms with Crippen LogP contribution < -0.4 is 10.6 Å². The quantitative estimate of drug-likeness (QED) is 0.385. The van der Waals surface area contributed by atoms with E-state index in [-0.39, 0.29) is 30.1 Å². The lowest BCUT2D eigenvalue weighted by Gasteiger charge is -2.34. The summed E-state index contributed by atoms with van der Waals surface area (Å²) in [4.78, 5) is 7.36. The van der Waals surface area contributed by atoms with E-state index in [9.17, 15) is 0 Å². The Bertz CT molecular complexity index is 450. The van der Waals surface area contributed by atoms with Gasteiger partial charge in [0.25, 0.3) is 0 Å². The van der Waals surface area contributed by atoms with Crippen molar-refractivity contribution in [2.24, 2.45) is 4.99 Å². The second-order valence-corrected chi connectivity index (χ2v) is 7.33. The number of rotatable bonds is 4. The molecule has 2 N–H and O–H groups in total. The number of aliphatic imine (C=N–C) groups is 1. The molecule has 5 atom stereocenters. The summed E-state index contributed by atoms with van der Waals surface area (Å²) in [6.07, 6.45) is 7.21. The zero-order valence-electron chi connectivity index (χ0n) is 14.6. The molecule has 0 saturated carbocycles. The topological polar surface area (TPSA) is 58.1 Å². The molecule has 4 aliphatic heterocycles. The van der Waals surface area contributed by atoms with Crippen LogP contribution in [-0.2, 0) is 9.47 Å². The molecule has 138 valence electrons. The summed E-state index contributed by atoms with van der Waals surface area (Å²) in [5.41, 5.74) is 0. The largest absolute Gasteiger partial charge is 0.373 e. The summed E-state index contributed by atoms with van der Waals surface area (Å²) in [6, 6.07) is 1.08. The van der Waals surface area contributed by atoms with Crippen molar-refractivity contribution in [1.82, 2.24) is 15.5 Å². The maximum absolute atomic E-state index is 6.01. The summed E-state index contributed by atoms with van der Waals surface area (Å²) in [6.45, 7) is 6.87. The monoisotopic (exact) mass is 450 g/mol. The highest BCUT2D eigenvalue weighted by Crippen LogP contribution is 2.34. The Labute approximate surface area is 162 Å². The summed E-state index contributed by atoms with van der Waals surface area (Å²) in [5, 5.41) is 6.95. The molecule has 2 bridgehead atoms. The molecule has 4 saturated heterocycles. The standard InChI is InChI=1S/C17H30N4O2.HI/c1-2-18-17(20-15-8-13-5-6-16(15)23-13)19-9-14-10-21-7-3-4-12(21)11-22-14;/h12-16H,2-11H2,1H3,(H2,18,19,20);1H. The molecule has 4 rings (SSSR count). The van der Waals surface area contributed by atoms with E-state index in [1.807, 2.05) is 0 Å². The van der Waals surface area contributed by atoms with Crippen molar-refractivity contribution >= 4 is 29.9 Å². The maximum atomic E-state index is 6.01. The molecule has 0 amide bonds. The van der Waals surface area contributed by atoms with Gasteiger partial charge >= 0.3 is 0 Å². The van der Waals surface area contributed by atoms with Gasteiger partial charge in [0.1, 0.15) is 0 Å². The van der Waals surface area contributed by atoms with E-state index in [1.54, 1.807) is 0 Å². The lowest BCUT2D eigenvalue weighted by molar-refractivity contribution is -0.0432. The summed E-state index contributed by atoms with van der Waals surface area (Å²) < 4.78 is 11.9. The summed E-state index contributed by atoms with van der Waals surface area (Å²) in [7, 11) is 0. The fourth-order valence-corrected chi connectivity index (χ4v) is 4.47. The Morgan fingerprint density at radius 1 is 1.29 bits per heavy atom. The molecule has 0 spiro atoms. The second-order valence-electron chi connectivity index (χ2n) is 7.33. The Hall–Kier alpha value is -0.120. The van der Waals surface area contributed by atoms with Crippen LogP contribution in [0.4, 0.5) is 0 Å². The van der Waals surface area contributed by atoms with Gasteiger partial charge in [-0.1, -0.05) is 0 Å². The van der Waals surface area contributed by atoms with Crippen molar-refractivity contribution in [3.63, 3.8) is 0 Å². The number of hydrogen-bond donors (Lipinski definition) is 2. The predicted octanol–water partition coefficient (Wildman–Crippen LogP) is 1.34. The van der Waals surface area contributed by atoms with E-state index in [1.165, 1.54) is 32.2 Å². The number of halogens is 1. The Kier molecular flexibility index (Phi) is 6.62. The first-order chi connectivity index (χ1) is 11.3. The number of nitrogens with one attached hydrogen (secondary N) is 2. The van der Waals surface area contributed by atoms with Crippen LogP contribution >= 0.6 is 24.0 Å². The highest BCUT2D eigenvalue weighted by atomic mass is 127. The molecule has 4 fully saturated rings. The van der Waals surface area contributed by atoms with Crippen molar-refractivity contribution in [1.29, 1.82) is 0 Å². The van der Waals surface area contributed by atoms with Crippen LogP contribution in [0.5, 0.6) is 0 Å². The zero-order valence-corrected chi connectivity index (χ0v) is 16.9. The van der Waals surface area contributed by atoms with Crippen molar-refractivity contribution in [3.8, 4) is 0 Å². The molecular formula is C17H31IN4O2. The van der Waals surface area contributed by atoms with Gasteiger partial charge in [-0.05, 0) is 45.6 Å². The van der Waals surface area contributed by atoms with Crippen molar-refractivity contribution in [3.05, 3.63) is 0 Å². The number of guanidine groups is 1. The van der Waals surface area contributed by atoms with Gasteiger partial charge in [0.2, 0.25) is 0 Å². The smallest absolute Gasteiger partial charge is 0.191 e. The number of ether oxygens (including phenoxy) is 2. The Balaban J connectivity index is 0.00000169. The predicted molar refractivity (Wildman–Crippen MR) is 105 cm³/mol. The molecule has 6 nitrogen and oxygen atoms in total. The summed E-state index contributed by atoms with van der Waals surface area (Å²) in [5.74, 6) is 0.917. The van der Waals surface area contributed by atoms with Gasteiger partial charge in [-0.3, -0.25) is 9.89 Å². The average Bonchev–Trinajstić information content (AvgIpc) is 3.28. The first kappa shape index (κ1) is 18.7. The normalized spacial score (nSPS) is 38.7. The maximum Gasteiger partial charge on any atom is 0.191 e. The zero-order chi connectivity index (χ0) is 15.6. The van der Waals surface area contributed by atoms with Gasteiger partial charge in [-0.15, -0.1) is 24.0 Å². The molecule has 0 aromatic carbocycles. The molecular weight excluding hydrogens is 419 g/mol. The van der Waals surface area contributed by atoms with Crippen LogP contribution in [0, 0.1) is 0 Å². The van der Waals surface area contributed by atoms with E-state index in [0.717, 1.165) is 38.6 Å². The lowest BCUT2D eigenvalue weighted by atomic mass is 9.96. The van der Waals surface area contributed by atoms with E-state index >= 15 is 0 Å². The third-order valence-electron chi connectivity index (χ3n) is 5.69. The van der Waals surface area contributed by atoms with Crippen molar-refractivity contribution in [2.75, 3.05) is 32.8 Å². The first-order valence-electron chi connectivity index (χ1n) is 9.37. The molecule has 4 heterocycles. The van der Waals surface area contributed by atoms with Gasteiger partial charge in [0.15, 0.2) is 5.96 Å². The molecule has 0 aromatic heterocycles. The average molecular weight is 450 g/mol. The van der Waals surface area contributed by atoms with Gasteiger partial charge in [0, 0.05) is 19.1 Å². The Morgan fingerprint density at radius 3 is 2.96 bits per heavy atom. The van der Waals surface area contributed by atoms with Crippen LogP contribution in [0.3, 0.4) is 0 Å². The SMILES string of the molecule is CCNC(=NCC1CN2CCCC2CO1)NC1CC2CCC1O2.I. The number of morpholine rings is 1. The van der Waals surface area contributed by atoms with Crippen LogP contribution in [0.25, 0.3) is 0 Å². The highest BCUT2D eigenvalue weighted by molar-refractivity contribution is 14.0. The summed E-state index contributed by atoms with van der Waals surface area (Å²) >= 11 is 0. The minimum absolute atomic E-state index is 0. The van der Waals surface area contributed by atoms with Gasteiger partial charge in [-0.2, -0.15) is 0 Å². The molecule has 7 heteroatoms. The fraction of sp³-hybridized carbons (Fsp3) is 0.941. The van der Waals surface area contributed by atoms with Crippen molar-refractivity contribution in [2.45, 2.75) is 69.4 Å². The van der Waals surface area contributed by atoms with Gasteiger partial charge < -0.3 is 20.1 Å². The minimum Gasteiger partial charge on any atom is -0.373 e. The van der Waals surface area contributed by atoms with Crippen LogP contribution in [0.2, 0.25) is 0 Å². The van der Waals surface area contributed by atoms with Crippen LogP contribution in [0.1, 0.15) is 39.0 Å². The highest BCUT2D eigenvalue weighted by Gasteiger charge is 2.41. The number of nitrogens with zero attached hydrogens (tertiary/aromatic N) is 2.